The van der Waals surface area contributed by atoms with Gasteiger partial charge < -0.3 is 15.0 Å². The molecule has 0 aliphatic carbocycles. The molecule has 1 aliphatic rings. The lowest BCUT2D eigenvalue weighted by atomic mass is 10.2. The fourth-order valence-electron chi connectivity index (χ4n) is 2.55. The number of carbonyl (C=O) groups excluding carboxylic acids is 1. The van der Waals surface area contributed by atoms with Crippen molar-refractivity contribution in [1.29, 1.82) is 0 Å². The summed E-state index contributed by atoms with van der Waals surface area (Å²) >= 11 is 0. The van der Waals surface area contributed by atoms with Crippen LogP contribution in [0.4, 0.5) is 8.78 Å². The summed E-state index contributed by atoms with van der Waals surface area (Å²) in [4.78, 5) is 16.1. The Kier molecular flexibility index (Phi) is 6.29. The van der Waals surface area contributed by atoms with E-state index in [1.807, 2.05) is 0 Å². The maximum atomic E-state index is 12.3. The van der Waals surface area contributed by atoms with E-state index in [2.05, 4.69) is 21.9 Å². The molecule has 1 N–H and O–H groups in total. The standard InChI is InChI=1S/C16H23F2N3O2/c1-12-9-19-7-8-21(12)11-15(22)20(2)10-13-3-5-14(6-4-13)23-16(17)18/h3-6,12,16,19H,7-11H2,1-2H3/t12-/m0/s1. The molecule has 1 atom stereocenters. The highest BCUT2D eigenvalue weighted by atomic mass is 19.3. The summed E-state index contributed by atoms with van der Waals surface area (Å²) in [6, 6.07) is 6.69. The third-order valence-corrected chi connectivity index (χ3v) is 3.97. The number of piperazine rings is 1. The van der Waals surface area contributed by atoms with Gasteiger partial charge >= 0.3 is 6.61 Å². The summed E-state index contributed by atoms with van der Waals surface area (Å²) in [5, 5.41) is 3.29. The van der Waals surface area contributed by atoms with Crippen molar-refractivity contribution in [1.82, 2.24) is 15.1 Å². The number of alkyl halides is 2. The minimum Gasteiger partial charge on any atom is -0.435 e. The summed E-state index contributed by atoms with van der Waals surface area (Å²) in [5.74, 6) is 0.166. The predicted octanol–water partition coefficient (Wildman–Crippen LogP) is 1.54. The number of halogens is 2. The van der Waals surface area contributed by atoms with Gasteiger partial charge in [0.2, 0.25) is 5.91 Å². The van der Waals surface area contributed by atoms with Crippen molar-refractivity contribution in [2.75, 3.05) is 33.2 Å². The first-order valence-electron chi connectivity index (χ1n) is 7.68. The maximum absolute atomic E-state index is 12.3. The molecule has 1 heterocycles. The topological polar surface area (TPSA) is 44.8 Å². The molecule has 1 fully saturated rings. The highest BCUT2D eigenvalue weighted by Crippen LogP contribution is 2.16. The molecule has 7 heteroatoms. The van der Waals surface area contributed by atoms with Gasteiger partial charge in [0.15, 0.2) is 0 Å². The molecular weight excluding hydrogens is 304 g/mol. The molecule has 0 bridgehead atoms. The fourth-order valence-corrected chi connectivity index (χ4v) is 2.55. The third-order valence-electron chi connectivity index (χ3n) is 3.97. The number of rotatable bonds is 6. The molecule has 1 aliphatic heterocycles. The van der Waals surface area contributed by atoms with Crippen LogP contribution < -0.4 is 10.1 Å². The first-order valence-corrected chi connectivity index (χ1v) is 7.68. The van der Waals surface area contributed by atoms with E-state index < -0.39 is 6.61 Å². The highest BCUT2D eigenvalue weighted by molar-refractivity contribution is 5.78. The number of benzene rings is 1. The van der Waals surface area contributed by atoms with E-state index >= 15 is 0 Å². The number of nitrogens with zero attached hydrogens (tertiary/aromatic N) is 2. The second-order valence-electron chi connectivity index (χ2n) is 5.80. The molecule has 0 unspecified atom stereocenters. The molecule has 0 saturated carbocycles. The summed E-state index contributed by atoms with van der Waals surface area (Å²) in [5.41, 5.74) is 0.871. The molecule has 1 amide bonds. The molecule has 1 aromatic carbocycles. The quantitative estimate of drug-likeness (QED) is 0.861. The van der Waals surface area contributed by atoms with Gasteiger partial charge in [0.1, 0.15) is 5.75 Å². The highest BCUT2D eigenvalue weighted by Gasteiger charge is 2.21. The zero-order valence-corrected chi connectivity index (χ0v) is 13.5. The summed E-state index contributed by atoms with van der Waals surface area (Å²) in [7, 11) is 1.75. The van der Waals surface area contributed by atoms with E-state index in [4.69, 9.17) is 0 Å². The Bertz CT molecular complexity index is 511. The third kappa shape index (κ3) is 5.44. The van der Waals surface area contributed by atoms with E-state index in [9.17, 15) is 13.6 Å². The van der Waals surface area contributed by atoms with E-state index in [1.54, 1.807) is 24.1 Å². The van der Waals surface area contributed by atoms with Crippen LogP contribution in [-0.2, 0) is 11.3 Å². The van der Waals surface area contributed by atoms with Gasteiger partial charge in [0.25, 0.3) is 0 Å². The molecule has 1 aromatic rings. The van der Waals surface area contributed by atoms with Crippen molar-refractivity contribution in [3.05, 3.63) is 29.8 Å². The number of amides is 1. The average Bonchev–Trinajstić information content (AvgIpc) is 2.51. The number of hydrogen-bond acceptors (Lipinski definition) is 4. The minimum absolute atomic E-state index is 0.0478. The lowest BCUT2D eigenvalue weighted by Crippen LogP contribution is -2.52. The lowest BCUT2D eigenvalue weighted by molar-refractivity contribution is -0.132. The number of carbonyl (C=O) groups is 1. The van der Waals surface area contributed by atoms with Crippen molar-refractivity contribution < 1.29 is 18.3 Å². The number of ether oxygens (including phenoxy) is 1. The van der Waals surface area contributed by atoms with Crippen LogP contribution in [0.5, 0.6) is 5.75 Å². The number of nitrogens with one attached hydrogen (secondary N) is 1. The Labute approximate surface area is 135 Å². The van der Waals surface area contributed by atoms with E-state index in [1.165, 1.54) is 12.1 Å². The number of hydrogen-bond donors (Lipinski definition) is 1. The summed E-state index contributed by atoms with van der Waals surface area (Å²) in [6.07, 6.45) is 0. The predicted molar refractivity (Wildman–Crippen MR) is 83.5 cm³/mol. The van der Waals surface area contributed by atoms with Crippen molar-refractivity contribution in [2.24, 2.45) is 0 Å². The minimum atomic E-state index is -2.83. The zero-order valence-electron chi connectivity index (χ0n) is 13.5. The Morgan fingerprint density at radius 3 is 2.74 bits per heavy atom. The summed E-state index contributed by atoms with van der Waals surface area (Å²) in [6.45, 7) is 2.75. The van der Waals surface area contributed by atoms with Gasteiger partial charge in [-0.3, -0.25) is 9.69 Å². The SMILES string of the molecule is C[C@H]1CNCCN1CC(=O)N(C)Cc1ccc(OC(F)F)cc1. The molecule has 2 rings (SSSR count). The Morgan fingerprint density at radius 2 is 2.13 bits per heavy atom. The van der Waals surface area contributed by atoms with Crippen LogP contribution in [0.25, 0.3) is 0 Å². The number of likely N-dealkylation sites (N-methyl/N-ethyl adjacent to an activating group) is 1. The van der Waals surface area contributed by atoms with E-state index in [0.29, 0.717) is 19.1 Å². The van der Waals surface area contributed by atoms with Gasteiger partial charge in [-0.05, 0) is 24.6 Å². The molecule has 0 radical (unpaired) electrons. The molecule has 128 valence electrons. The fraction of sp³-hybridized carbons (Fsp3) is 0.562. The van der Waals surface area contributed by atoms with Crippen molar-refractivity contribution in [3.63, 3.8) is 0 Å². The van der Waals surface area contributed by atoms with Gasteiger partial charge in [0.05, 0.1) is 6.54 Å². The van der Waals surface area contributed by atoms with Crippen LogP contribution >= 0.6 is 0 Å². The summed E-state index contributed by atoms with van der Waals surface area (Å²) < 4.78 is 28.5. The molecule has 0 spiro atoms. The second-order valence-corrected chi connectivity index (χ2v) is 5.80. The molecule has 0 aromatic heterocycles. The van der Waals surface area contributed by atoms with Gasteiger partial charge in [0, 0.05) is 39.3 Å². The van der Waals surface area contributed by atoms with Crippen LogP contribution in [0, 0.1) is 0 Å². The zero-order chi connectivity index (χ0) is 16.8. The van der Waals surface area contributed by atoms with Crippen molar-refractivity contribution in [3.8, 4) is 5.75 Å². The van der Waals surface area contributed by atoms with Crippen LogP contribution in [0.2, 0.25) is 0 Å². The van der Waals surface area contributed by atoms with Crippen LogP contribution in [0.15, 0.2) is 24.3 Å². The van der Waals surface area contributed by atoms with Gasteiger partial charge in [-0.2, -0.15) is 8.78 Å². The van der Waals surface area contributed by atoms with Gasteiger partial charge in [-0.1, -0.05) is 12.1 Å². The van der Waals surface area contributed by atoms with Crippen molar-refractivity contribution in [2.45, 2.75) is 26.1 Å². The lowest BCUT2D eigenvalue weighted by Gasteiger charge is -2.34. The maximum Gasteiger partial charge on any atom is 0.387 e. The first-order chi connectivity index (χ1) is 11.0. The monoisotopic (exact) mass is 327 g/mol. The van der Waals surface area contributed by atoms with Crippen LogP contribution in [0.1, 0.15) is 12.5 Å². The second kappa shape index (κ2) is 8.21. The van der Waals surface area contributed by atoms with Gasteiger partial charge in [-0.15, -0.1) is 0 Å². The Balaban J connectivity index is 1.85. The van der Waals surface area contributed by atoms with Crippen molar-refractivity contribution >= 4 is 5.91 Å². The molecule has 23 heavy (non-hydrogen) atoms. The average molecular weight is 327 g/mol. The first kappa shape index (κ1) is 17.6. The molecule has 5 nitrogen and oxygen atoms in total. The molecule has 1 saturated heterocycles. The smallest absolute Gasteiger partial charge is 0.387 e. The Morgan fingerprint density at radius 1 is 1.43 bits per heavy atom. The van der Waals surface area contributed by atoms with Crippen LogP contribution in [-0.4, -0.2) is 61.6 Å². The van der Waals surface area contributed by atoms with E-state index in [0.717, 1.165) is 25.2 Å². The van der Waals surface area contributed by atoms with Gasteiger partial charge in [-0.25, -0.2) is 0 Å². The largest absolute Gasteiger partial charge is 0.435 e. The van der Waals surface area contributed by atoms with Crippen LogP contribution in [0.3, 0.4) is 0 Å². The normalized spacial score (nSPS) is 18.9. The van der Waals surface area contributed by atoms with E-state index in [-0.39, 0.29) is 11.7 Å². The Hall–Kier alpha value is -1.73. The molecular formula is C16H23F2N3O2.